The summed E-state index contributed by atoms with van der Waals surface area (Å²) in [6.45, 7) is 1.40. The average Bonchev–Trinajstić information content (AvgIpc) is 3.58. The van der Waals surface area contributed by atoms with Gasteiger partial charge < -0.3 is 24.4 Å². The number of aromatic amines is 1. The van der Waals surface area contributed by atoms with Gasteiger partial charge in [-0.05, 0) is 30.2 Å². The summed E-state index contributed by atoms with van der Waals surface area (Å²) < 4.78 is 11.5. The normalized spacial score (nSPS) is 28.6. The third-order valence-electron chi connectivity index (χ3n) is 6.82. The molecular formula is C24H23N3O4. The van der Waals surface area contributed by atoms with Crippen LogP contribution in [0.4, 0.5) is 0 Å². The molecule has 5 heterocycles. The van der Waals surface area contributed by atoms with Gasteiger partial charge in [0.05, 0.1) is 37.3 Å². The van der Waals surface area contributed by atoms with Gasteiger partial charge in [0.15, 0.2) is 0 Å². The number of rotatable bonds is 6. The molecule has 2 saturated heterocycles. The van der Waals surface area contributed by atoms with Crippen molar-refractivity contribution in [3.8, 4) is 0 Å². The van der Waals surface area contributed by atoms with E-state index in [0.29, 0.717) is 25.4 Å². The number of likely N-dealkylation sites (tertiary alicyclic amines) is 1. The zero-order valence-electron chi connectivity index (χ0n) is 16.9. The van der Waals surface area contributed by atoms with Gasteiger partial charge in [0.1, 0.15) is 11.4 Å². The molecule has 2 bridgehead atoms. The van der Waals surface area contributed by atoms with Crippen LogP contribution in [0.15, 0.2) is 65.4 Å². The van der Waals surface area contributed by atoms with Crippen LogP contribution in [0.2, 0.25) is 0 Å². The summed E-state index contributed by atoms with van der Waals surface area (Å²) >= 11 is 0. The molecule has 7 heteroatoms. The van der Waals surface area contributed by atoms with Crippen LogP contribution in [0.25, 0.3) is 10.9 Å². The minimum atomic E-state index is -0.686. The van der Waals surface area contributed by atoms with Crippen LogP contribution in [-0.4, -0.2) is 46.5 Å². The van der Waals surface area contributed by atoms with Crippen molar-refractivity contribution in [2.45, 2.75) is 24.7 Å². The standard InChI is InChI=1S/C24H23N3O4/c28-22(26-13-16-4-3-11-30-16)20-19-7-9-24(31-19)14-27(23(29)21(20)24)10-8-15-12-25-18-6-2-1-5-17(15)18/h1-7,9,11-12,19-21,25H,8,10,13-14H2,(H,26,28)/t19-,20+,21-,24+/m1/s1. The van der Waals surface area contributed by atoms with Crippen molar-refractivity contribution in [2.24, 2.45) is 11.8 Å². The number of hydrogen-bond donors (Lipinski definition) is 2. The first-order chi connectivity index (χ1) is 15.1. The molecule has 2 fully saturated rings. The molecule has 2 amide bonds. The van der Waals surface area contributed by atoms with E-state index in [1.807, 2.05) is 47.5 Å². The molecule has 3 aliphatic heterocycles. The Bertz CT molecular complexity index is 1180. The lowest BCUT2D eigenvalue weighted by atomic mass is 9.77. The molecule has 0 saturated carbocycles. The number of benzene rings is 1. The Morgan fingerprint density at radius 1 is 1.26 bits per heavy atom. The van der Waals surface area contributed by atoms with Crippen molar-refractivity contribution >= 4 is 22.7 Å². The molecule has 0 unspecified atom stereocenters. The van der Waals surface area contributed by atoms with Crippen LogP contribution in [0.3, 0.4) is 0 Å². The third kappa shape index (κ3) is 2.84. The lowest BCUT2D eigenvalue weighted by molar-refractivity contribution is -0.137. The molecule has 2 aromatic heterocycles. The molecule has 3 aromatic rings. The van der Waals surface area contributed by atoms with E-state index in [9.17, 15) is 9.59 Å². The molecular weight excluding hydrogens is 394 g/mol. The number of para-hydroxylation sites is 1. The Balaban J connectivity index is 1.17. The maximum Gasteiger partial charge on any atom is 0.230 e. The molecule has 31 heavy (non-hydrogen) atoms. The molecule has 0 aliphatic carbocycles. The van der Waals surface area contributed by atoms with Gasteiger partial charge in [-0.3, -0.25) is 9.59 Å². The monoisotopic (exact) mass is 417 g/mol. The van der Waals surface area contributed by atoms with E-state index in [1.165, 1.54) is 10.9 Å². The van der Waals surface area contributed by atoms with Crippen LogP contribution in [0, 0.1) is 11.8 Å². The van der Waals surface area contributed by atoms with E-state index >= 15 is 0 Å². The van der Waals surface area contributed by atoms with Crippen LogP contribution in [0.1, 0.15) is 11.3 Å². The van der Waals surface area contributed by atoms with E-state index < -0.39 is 17.4 Å². The molecule has 6 rings (SSSR count). The topological polar surface area (TPSA) is 87.6 Å². The van der Waals surface area contributed by atoms with Gasteiger partial charge in [-0.15, -0.1) is 0 Å². The second-order valence-electron chi connectivity index (χ2n) is 8.57. The maximum atomic E-state index is 13.3. The van der Waals surface area contributed by atoms with E-state index in [-0.39, 0.29) is 17.9 Å². The average molecular weight is 417 g/mol. The second kappa shape index (κ2) is 6.85. The quantitative estimate of drug-likeness (QED) is 0.603. The van der Waals surface area contributed by atoms with Crippen LogP contribution in [-0.2, 0) is 27.3 Å². The van der Waals surface area contributed by atoms with Crippen LogP contribution in [0.5, 0.6) is 0 Å². The summed E-state index contributed by atoms with van der Waals surface area (Å²) in [5, 5.41) is 4.09. The van der Waals surface area contributed by atoms with Crippen molar-refractivity contribution in [2.75, 3.05) is 13.1 Å². The first-order valence-electron chi connectivity index (χ1n) is 10.7. The number of nitrogens with zero attached hydrogens (tertiary/aromatic N) is 1. The van der Waals surface area contributed by atoms with Gasteiger partial charge >= 0.3 is 0 Å². The number of ether oxygens (including phenoxy) is 1. The summed E-state index contributed by atoms with van der Waals surface area (Å²) in [6.07, 6.45) is 7.91. The zero-order valence-corrected chi connectivity index (χ0v) is 16.9. The number of furan rings is 1. The van der Waals surface area contributed by atoms with E-state index in [1.54, 1.807) is 12.3 Å². The Labute approximate surface area is 179 Å². The highest BCUT2D eigenvalue weighted by Crippen LogP contribution is 2.51. The predicted molar refractivity (Wildman–Crippen MR) is 113 cm³/mol. The van der Waals surface area contributed by atoms with Crippen LogP contribution < -0.4 is 5.32 Å². The van der Waals surface area contributed by atoms with E-state index in [4.69, 9.17) is 9.15 Å². The summed E-state index contributed by atoms with van der Waals surface area (Å²) in [4.78, 5) is 31.5. The van der Waals surface area contributed by atoms with Gasteiger partial charge in [0.25, 0.3) is 0 Å². The summed E-state index contributed by atoms with van der Waals surface area (Å²) in [7, 11) is 0. The lowest BCUT2D eigenvalue weighted by Crippen LogP contribution is -2.44. The van der Waals surface area contributed by atoms with E-state index in [0.717, 1.165) is 11.9 Å². The molecule has 1 spiro atoms. The fourth-order valence-corrected chi connectivity index (χ4v) is 5.37. The van der Waals surface area contributed by atoms with Gasteiger partial charge in [-0.2, -0.15) is 0 Å². The molecule has 0 radical (unpaired) electrons. The Morgan fingerprint density at radius 3 is 3.03 bits per heavy atom. The fraction of sp³-hybridized carbons (Fsp3) is 0.333. The van der Waals surface area contributed by atoms with E-state index in [2.05, 4.69) is 16.4 Å². The first-order valence-corrected chi connectivity index (χ1v) is 10.7. The molecule has 4 atom stereocenters. The smallest absolute Gasteiger partial charge is 0.230 e. The summed E-state index contributed by atoms with van der Waals surface area (Å²) in [6, 6.07) is 11.8. The summed E-state index contributed by atoms with van der Waals surface area (Å²) in [5.74, 6) is -0.456. The molecule has 7 nitrogen and oxygen atoms in total. The van der Waals surface area contributed by atoms with Crippen molar-refractivity contribution in [3.63, 3.8) is 0 Å². The first kappa shape index (κ1) is 18.4. The molecule has 3 aliphatic rings. The number of carbonyl (C=O) groups is 2. The van der Waals surface area contributed by atoms with Crippen molar-refractivity contribution in [1.82, 2.24) is 15.2 Å². The number of H-pyrrole nitrogens is 1. The van der Waals surface area contributed by atoms with Gasteiger partial charge in [-0.25, -0.2) is 0 Å². The second-order valence-corrected chi connectivity index (χ2v) is 8.57. The number of carbonyl (C=O) groups excluding carboxylic acids is 2. The highest BCUT2D eigenvalue weighted by atomic mass is 16.5. The number of amides is 2. The van der Waals surface area contributed by atoms with Crippen LogP contribution >= 0.6 is 0 Å². The number of aromatic nitrogens is 1. The van der Waals surface area contributed by atoms with Gasteiger partial charge in [0.2, 0.25) is 11.8 Å². The fourth-order valence-electron chi connectivity index (χ4n) is 5.37. The predicted octanol–water partition coefficient (Wildman–Crippen LogP) is 2.40. The van der Waals surface area contributed by atoms with Gasteiger partial charge in [0, 0.05) is 23.6 Å². The minimum Gasteiger partial charge on any atom is -0.467 e. The molecule has 158 valence electrons. The minimum absolute atomic E-state index is 0.00448. The highest BCUT2D eigenvalue weighted by molar-refractivity contribution is 5.93. The third-order valence-corrected chi connectivity index (χ3v) is 6.82. The van der Waals surface area contributed by atoms with Crippen molar-refractivity contribution < 1.29 is 18.7 Å². The summed E-state index contributed by atoms with van der Waals surface area (Å²) in [5.41, 5.74) is 1.60. The number of hydrogen-bond acceptors (Lipinski definition) is 4. The molecule has 1 aromatic carbocycles. The largest absolute Gasteiger partial charge is 0.467 e. The molecule has 2 N–H and O–H groups in total. The Morgan fingerprint density at radius 2 is 2.16 bits per heavy atom. The SMILES string of the molecule is O=C(NCc1ccco1)[C@H]1[C@H]2C=C[C@@]3(CN(CCc4c[nH]c5ccccc45)C(=O)[C@@H]13)O2. The maximum absolute atomic E-state index is 13.3. The van der Waals surface area contributed by atoms with Crippen molar-refractivity contribution in [3.05, 3.63) is 72.3 Å². The number of fused-ring (bicyclic) bond motifs is 2. The Hall–Kier alpha value is -3.32. The van der Waals surface area contributed by atoms with Crippen molar-refractivity contribution in [1.29, 1.82) is 0 Å². The zero-order chi connectivity index (χ0) is 21.0. The number of nitrogens with one attached hydrogen (secondary N) is 2. The van der Waals surface area contributed by atoms with Gasteiger partial charge in [-0.1, -0.05) is 30.4 Å². The lowest BCUT2D eigenvalue weighted by Gasteiger charge is -2.23. The highest BCUT2D eigenvalue weighted by Gasteiger charge is 2.66. The Kier molecular flexibility index (Phi) is 4.08.